The molecule has 0 spiro atoms. The van der Waals surface area contributed by atoms with Crippen molar-refractivity contribution in [1.29, 1.82) is 0 Å². The molecule has 0 aromatic carbocycles. The number of carbonyl (C=O) groups is 1. The van der Waals surface area contributed by atoms with Gasteiger partial charge in [-0.3, -0.25) is 4.79 Å². The second kappa shape index (κ2) is 5.59. The van der Waals surface area contributed by atoms with Gasteiger partial charge in [-0.25, -0.2) is 9.97 Å². The number of ketones is 1. The standard InChI is InChI=1S/C12H18N2O/c1-4-6-12(15)8-11-7-10(5-2)13-9(3)14-11/h7H,4-6,8H2,1-3H3. The maximum absolute atomic E-state index is 11.5. The minimum Gasteiger partial charge on any atom is -0.299 e. The lowest BCUT2D eigenvalue weighted by Gasteiger charge is -2.03. The normalized spacial score (nSPS) is 10.3. The molecule has 0 fully saturated rings. The van der Waals surface area contributed by atoms with E-state index in [2.05, 4.69) is 16.9 Å². The van der Waals surface area contributed by atoms with Crippen molar-refractivity contribution in [3.05, 3.63) is 23.3 Å². The molecule has 3 heteroatoms. The Morgan fingerprint density at radius 3 is 2.53 bits per heavy atom. The van der Waals surface area contributed by atoms with E-state index >= 15 is 0 Å². The molecule has 0 radical (unpaired) electrons. The van der Waals surface area contributed by atoms with E-state index in [-0.39, 0.29) is 5.78 Å². The predicted molar refractivity (Wildman–Crippen MR) is 59.8 cm³/mol. The van der Waals surface area contributed by atoms with Gasteiger partial charge in [0.25, 0.3) is 0 Å². The Kier molecular flexibility index (Phi) is 4.40. The summed E-state index contributed by atoms with van der Waals surface area (Å²) < 4.78 is 0. The maximum Gasteiger partial charge on any atom is 0.138 e. The van der Waals surface area contributed by atoms with Gasteiger partial charge in [-0.1, -0.05) is 13.8 Å². The largest absolute Gasteiger partial charge is 0.299 e. The lowest BCUT2D eigenvalue weighted by atomic mass is 10.1. The highest BCUT2D eigenvalue weighted by Gasteiger charge is 2.06. The summed E-state index contributed by atoms with van der Waals surface area (Å²) in [6.07, 6.45) is 2.89. The first-order valence-electron chi connectivity index (χ1n) is 5.50. The van der Waals surface area contributed by atoms with Crippen LogP contribution >= 0.6 is 0 Å². The van der Waals surface area contributed by atoms with Crippen LogP contribution in [0.5, 0.6) is 0 Å². The highest BCUT2D eigenvalue weighted by atomic mass is 16.1. The van der Waals surface area contributed by atoms with E-state index in [1.807, 2.05) is 19.9 Å². The zero-order chi connectivity index (χ0) is 11.3. The Bertz CT molecular complexity index is 347. The average molecular weight is 206 g/mol. The summed E-state index contributed by atoms with van der Waals surface area (Å²) in [6.45, 7) is 5.94. The summed E-state index contributed by atoms with van der Waals surface area (Å²) in [6, 6.07) is 1.93. The number of nitrogens with zero attached hydrogens (tertiary/aromatic N) is 2. The molecular formula is C12H18N2O. The third-order valence-corrected chi connectivity index (χ3v) is 2.21. The predicted octanol–water partition coefficient (Wildman–Crippen LogP) is 2.26. The molecule has 0 atom stereocenters. The van der Waals surface area contributed by atoms with Gasteiger partial charge in [-0.15, -0.1) is 0 Å². The number of carbonyl (C=O) groups excluding carboxylic acids is 1. The van der Waals surface area contributed by atoms with E-state index in [0.717, 1.165) is 30.1 Å². The molecule has 0 saturated carbocycles. The smallest absolute Gasteiger partial charge is 0.138 e. The van der Waals surface area contributed by atoms with Crippen LogP contribution in [0.15, 0.2) is 6.07 Å². The molecule has 0 saturated heterocycles. The van der Waals surface area contributed by atoms with Crippen molar-refractivity contribution in [3.8, 4) is 0 Å². The molecule has 82 valence electrons. The van der Waals surface area contributed by atoms with Crippen LogP contribution in [0.2, 0.25) is 0 Å². The van der Waals surface area contributed by atoms with Crippen LogP contribution in [0.3, 0.4) is 0 Å². The van der Waals surface area contributed by atoms with Crippen molar-refractivity contribution < 1.29 is 4.79 Å². The summed E-state index contributed by atoms with van der Waals surface area (Å²) in [5.41, 5.74) is 1.87. The number of aryl methyl sites for hydroxylation is 2. The van der Waals surface area contributed by atoms with Crippen LogP contribution in [0, 0.1) is 6.92 Å². The number of Topliss-reactive ketones (excluding diaryl/α,β-unsaturated/α-hetero) is 1. The van der Waals surface area contributed by atoms with Crippen LogP contribution in [0.25, 0.3) is 0 Å². The summed E-state index contributed by atoms with van der Waals surface area (Å²) in [5.74, 6) is 1.02. The molecule has 15 heavy (non-hydrogen) atoms. The molecule has 3 nitrogen and oxygen atoms in total. The molecule has 0 aliphatic carbocycles. The summed E-state index contributed by atoms with van der Waals surface area (Å²) in [4.78, 5) is 20.0. The lowest BCUT2D eigenvalue weighted by molar-refractivity contribution is -0.118. The molecule has 1 aromatic heterocycles. The quantitative estimate of drug-likeness (QED) is 0.742. The Morgan fingerprint density at radius 2 is 1.93 bits per heavy atom. The van der Waals surface area contributed by atoms with E-state index in [1.165, 1.54) is 0 Å². The molecular weight excluding hydrogens is 188 g/mol. The molecule has 0 aliphatic rings. The number of hydrogen-bond acceptors (Lipinski definition) is 3. The second-order valence-electron chi connectivity index (χ2n) is 3.72. The summed E-state index contributed by atoms with van der Waals surface area (Å²) >= 11 is 0. The van der Waals surface area contributed by atoms with Crippen LogP contribution in [0.1, 0.15) is 43.9 Å². The molecule has 0 amide bonds. The monoisotopic (exact) mass is 206 g/mol. The highest BCUT2D eigenvalue weighted by Crippen LogP contribution is 2.05. The molecule has 0 aliphatic heterocycles. The van der Waals surface area contributed by atoms with Crippen molar-refractivity contribution in [2.45, 2.75) is 46.5 Å². The van der Waals surface area contributed by atoms with Gasteiger partial charge in [0.1, 0.15) is 11.6 Å². The molecule has 1 aromatic rings. The molecule has 1 heterocycles. The Balaban J connectivity index is 2.76. The topological polar surface area (TPSA) is 42.9 Å². The van der Waals surface area contributed by atoms with Crippen LogP contribution < -0.4 is 0 Å². The minimum absolute atomic E-state index is 0.262. The van der Waals surface area contributed by atoms with Gasteiger partial charge in [-0.05, 0) is 25.8 Å². The summed E-state index contributed by atoms with van der Waals surface area (Å²) in [7, 11) is 0. The fourth-order valence-corrected chi connectivity index (χ4v) is 1.54. The number of aromatic nitrogens is 2. The first-order chi connectivity index (χ1) is 7.15. The van der Waals surface area contributed by atoms with Gasteiger partial charge in [-0.2, -0.15) is 0 Å². The van der Waals surface area contributed by atoms with Crippen molar-refractivity contribution >= 4 is 5.78 Å². The fraction of sp³-hybridized carbons (Fsp3) is 0.583. The van der Waals surface area contributed by atoms with E-state index in [1.54, 1.807) is 0 Å². The third-order valence-electron chi connectivity index (χ3n) is 2.21. The van der Waals surface area contributed by atoms with Crippen molar-refractivity contribution in [1.82, 2.24) is 9.97 Å². The Morgan fingerprint density at radius 1 is 1.27 bits per heavy atom. The van der Waals surface area contributed by atoms with Gasteiger partial charge in [0.2, 0.25) is 0 Å². The Hall–Kier alpha value is -1.25. The SMILES string of the molecule is CCCC(=O)Cc1cc(CC)nc(C)n1. The van der Waals surface area contributed by atoms with Gasteiger partial charge >= 0.3 is 0 Å². The first-order valence-corrected chi connectivity index (χ1v) is 5.50. The van der Waals surface area contributed by atoms with Crippen molar-refractivity contribution in [2.75, 3.05) is 0 Å². The molecule has 0 N–H and O–H groups in total. The maximum atomic E-state index is 11.5. The van der Waals surface area contributed by atoms with Gasteiger partial charge in [0.15, 0.2) is 0 Å². The average Bonchev–Trinajstić information content (AvgIpc) is 2.17. The highest BCUT2D eigenvalue weighted by molar-refractivity contribution is 5.80. The van der Waals surface area contributed by atoms with E-state index in [4.69, 9.17) is 0 Å². The summed E-state index contributed by atoms with van der Waals surface area (Å²) in [5, 5.41) is 0. The van der Waals surface area contributed by atoms with Crippen LogP contribution in [0.4, 0.5) is 0 Å². The van der Waals surface area contributed by atoms with E-state index in [0.29, 0.717) is 12.8 Å². The van der Waals surface area contributed by atoms with Gasteiger partial charge in [0, 0.05) is 18.5 Å². The van der Waals surface area contributed by atoms with Crippen molar-refractivity contribution in [3.63, 3.8) is 0 Å². The van der Waals surface area contributed by atoms with Gasteiger partial charge < -0.3 is 0 Å². The second-order valence-corrected chi connectivity index (χ2v) is 3.72. The van der Waals surface area contributed by atoms with E-state index in [9.17, 15) is 4.79 Å². The Labute approximate surface area is 91.0 Å². The fourth-order valence-electron chi connectivity index (χ4n) is 1.54. The molecule has 0 unspecified atom stereocenters. The van der Waals surface area contributed by atoms with Crippen LogP contribution in [-0.4, -0.2) is 15.8 Å². The molecule has 0 bridgehead atoms. The first kappa shape index (κ1) is 11.8. The van der Waals surface area contributed by atoms with Crippen molar-refractivity contribution in [2.24, 2.45) is 0 Å². The third kappa shape index (κ3) is 3.78. The van der Waals surface area contributed by atoms with Gasteiger partial charge in [0.05, 0.1) is 5.69 Å². The molecule has 1 rings (SSSR count). The zero-order valence-corrected chi connectivity index (χ0v) is 9.71. The number of hydrogen-bond donors (Lipinski definition) is 0. The zero-order valence-electron chi connectivity index (χ0n) is 9.71. The van der Waals surface area contributed by atoms with Crippen LogP contribution in [-0.2, 0) is 17.6 Å². The van der Waals surface area contributed by atoms with E-state index < -0.39 is 0 Å². The lowest BCUT2D eigenvalue weighted by Crippen LogP contribution is -2.06. The number of rotatable bonds is 5. The minimum atomic E-state index is 0.262.